The first kappa shape index (κ1) is 14.1. The SMILES string of the molecule is CCC(Cl)c1cnn(Cc2ncnn2CC(C)C)c1. The topological polar surface area (TPSA) is 48.5 Å². The standard InChI is InChI=1S/C13H20ClN5/c1-4-12(14)11-5-16-18(7-11)8-13-15-9-17-19(13)6-10(2)3/h5,7,9-10,12H,4,6,8H2,1-3H3. The lowest BCUT2D eigenvalue weighted by Gasteiger charge is -2.08. The van der Waals surface area contributed by atoms with E-state index in [0.29, 0.717) is 12.5 Å². The van der Waals surface area contributed by atoms with Crippen LogP contribution >= 0.6 is 11.6 Å². The lowest BCUT2D eigenvalue weighted by Crippen LogP contribution is -2.13. The van der Waals surface area contributed by atoms with Crippen LogP contribution in [-0.2, 0) is 13.1 Å². The molecule has 0 aliphatic rings. The molecule has 0 aliphatic heterocycles. The van der Waals surface area contributed by atoms with Crippen LogP contribution in [0.3, 0.4) is 0 Å². The Morgan fingerprint density at radius 2 is 2.11 bits per heavy atom. The summed E-state index contributed by atoms with van der Waals surface area (Å²) < 4.78 is 3.80. The predicted molar refractivity (Wildman–Crippen MR) is 75.1 cm³/mol. The average Bonchev–Trinajstić information content (AvgIpc) is 2.99. The first-order valence-electron chi connectivity index (χ1n) is 6.63. The molecule has 0 radical (unpaired) electrons. The van der Waals surface area contributed by atoms with Crippen molar-refractivity contribution in [2.75, 3.05) is 0 Å². The van der Waals surface area contributed by atoms with E-state index in [0.717, 1.165) is 24.4 Å². The van der Waals surface area contributed by atoms with Gasteiger partial charge < -0.3 is 0 Å². The molecule has 0 aliphatic carbocycles. The van der Waals surface area contributed by atoms with E-state index in [1.165, 1.54) is 0 Å². The molecule has 5 nitrogen and oxygen atoms in total. The molecule has 0 saturated heterocycles. The number of aromatic nitrogens is 5. The third-order valence-electron chi connectivity index (χ3n) is 2.91. The van der Waals surface area contributed by atoms with Crippen molar-refractivity contribution in [3.05, 3.63) is 30.1 Å². The van der Waals surface area contributed by atoms with Crippen LogP contribution in [0.25, 0.3) is 0 Å². The molecule has 0 spiro atoms. The Hall–Kier alpha value is -1.36. The minimum atomic E-state index is 0.0299. The Morgan fingerprint density at radius 1 is 1.32 bits per heavy atom. The van der Waals surface area contributed by atoms with Crippen molar-refractivity contribution >= 4 is 11.6 Å². The van der Waals surface area contributed by atoms with Crippen LogP contribution in [0.15, 0.2) is 18.7 Å². The summed E-state index contributed by atoms with van der Waals surface area (Å²) in [5.74, 6) is 1.46. The van der Waals surface area contributed by atoms with E-state index in [4.69, 9.17) is 11.6 Å². The van der Waals surface area contributed by atoms with Gasteiger partial charge >= 0.3 is 0 Å². The average molecular weight is 282 g/mol. The normalized spacial score (nSPS) is 13.1. The molecule has 0 bridgehead atoms. The molecule has 6 heteroatoms. The van der Waals surface area contributed by atoms with Gasteiger partial charge in [-0.1, -0.05) is 20.8 Å². The highest BCUT2D eigenvalue weighted by Gasteiger charge is 2.11. The molecule has 2 rings (SSSR count). The van der Waals surface area contributed by atoms with Crippen LogP contribution in [-0.4, -0.2) is 24.5 Å². The van der Waals surface area contributed by atoms with E-state index in [1.54, 1.807) is 6.33 Å². The van der Waals surface area contributed by atoms with Gasteiger partial charge in [0.2, 0.25) is 0 Å². The molecular weight excluding hydrogens is 262 g/mol. The molecule has 2 heterocycles. The van der Waals surface area contributed by atoms with Gasteiger partial charge in [0, 0.05) is 18.3 Å². The van der Waals surface area contributed by atoms with Gasteiger partial charge in [-0.15, -0.1) is 11.6 Å². The van der Waals surface area contributed by atoms with Gasteiger partial charge in [-0.2, -0.15) is 10.2 Å². The molecule has 1 unspecified atom stereocenters. The molecule has 1 atom stereocenters. The lowest BCUT2D eigenvalue weighted by atomic mass is 10.2. The third-order valence-corrected chi connectivity index (χ3v) is 3.47. The monoisotopic (exact) mass is 281 g/mol. The summed E-state index contributed by atoms with van der Waals surface area (Å²) >= 11 is 6.20. The largest absolute Gasteiger partial charge is 0.265 e. The van der Waals surface area contributed by atoms with Gasteiger partial charge in [0.15, 0.2) is 0 Å². The van der Waals surface area contributed by atoms with Crippen molar-refractivity contribution in [3.63, 3.8) is 0 Å². The lowest BCUT2D eigenvalue weighted by molar-refractivity contribution is 0.456. The van der Waals surface area contributed by atoms with Crippen LogP contribution in [0, 0.1) is 5.92 Å². The van der Waals surface area contributed by atoms with Crippen molar-refractivity contribution in [1.29, 1.82) is 0 Å². The Kier molecular flexibility index (Phi) is 4.58. The Labute approximate surface area is 118 Å². The number of rotatable bonds is 6. The second kappa shape index (κ2) is 6.19. The van der Waals surface area contributed by atoms with Crippen molar-refractivity contribution in [1.82, 2.24) is 24.5 Å². The van der Waals surface area contributed by atoms with E-state index in [2.05, 4.69) is 36.0 Å². The predicted octanol–water partition coefficient (Wildman–Crippen LogP) is 2.87. The molecule has 2 aromatic rings. The summed E-state index contributed by atoms with van der Waals surface area (Å²) in [7, 11) is 0. The summed E-state index contributed by atoms with van der Waals surface area (Å²) in [6.07, 6.45) is 6.30. The zero-order valence-electron chi connectivity index (χ0n) is 11.6. The van der Waals surface area contributed by atoms with Gasteiger partial charge in [0.1, 0.15) is 18.7 Å². The highest BCUT2D eigenvalue weighted by Crippen LogP contribution is 2.22. The minimum Gasteiger partial charge on any atom is -0.265 e. The Morgan fingerprint density at radius 3 is 2.79 bits per heavy atom. The van der Waals surface area contributed by atoms with E-state index in [9.17, 15) is 0 Å². The van der Waals surface area contributed by atoms with Crippen molar-refractivity contribution < 1.29 is 0 Å². The number of hydrogen-bond acceptors (Lipinski definition) is 3. The maximum absolute atomic E-state index is 6.20. The minimum absolute atomic E-state index is 0.0299. The summed E-state index contributed by atoms with van der Waals surface area (Å²) in [6, 6.07) is 0. The number of nitrogens with zero attached hydrogens (tertiary/aromatic N) is 5. The van der Waals surface area contributed by atoms with Gasteiger partial charge in [-0.3, -0.25) is 4.68 Å². The molecule has 2 aromatic heterocycles. The fourth-order valence-electron chi connectivity index (χ4n) is 1.92. The summed E-state index contributed by atoms with van der Waals surface area (Å²) in [6.45, 7) is 7.89. The van der Waals surface area contributed by atoms with E-state index in [-0.39, 0.29) is 5.38 Å². The van der Waals surface area contributed by atoms with Crippen molar-refractivity contribution in [2.45, 2.75) is 45.7 Å². The molecule has 104 valence electrons. The van der Waals surface area contributed by atoms with Gasteiger partial charge in [-0.25, -0.2) is 9.67 Å². The number of hydrogen-bond donors (Lipinski definition) is 0. The smallest absolute Gasteiger partial charge is 0.148 e. The Bertz CT molecular complexity index is 517. The third kappa shape index (κ3) is 3.56. The summed E-state index contributed by atoms with van der Waals surface area (Å²) in [5.41, 5.74) is 1.05. The van der Waals surface area contributed by atoms with E-state index >= 15 is 0 Å². The van der Waals surface area contributed by atoms with Crippen LogP contribution in [0.1, 0.15) is 44.0 Å². The maximum Gasteiger partial charge on any atom is 0.148 e. The van der Waals surface area contributed by atoms with Crippen LogP contribution in [0.4, 0.5) is 0 Å². The maximum atomic E-state index is 6.20. The molecule has 19 heavy (non-hydrogen) atoms. The zero-order valence-corrected chi connectivity index (χ0v) is 12.4. The second-order valence-electron chi connectivity index (χ2n) is 5.10. The van der Waals surface area contributed by atoms with E-state index < -0.39 is 0 Å². The van der Waals surface area contributed by atoms with Crippen molar-refractivity contribution in [2.24, 2.45) is 5.92 Å². The fourth-order valence-corrected chi connectivity index (χ4v) is 2.03. The molecule has 0 N–H and O–H groups in total. The summed E-state index contributed by atoms with van der Waals surface area (Å²) in [5, 5.41) is 8.61. The summed E-state index contributed by atoms with van der Waals surface area (Å²) in [4.78, 5) is 4.30. The second-order valence-corrected chi connectivity index (χ2v) is 5.63. The Balaban J connectivity index is 2.09. The highest BCUT2D eigenvalue weighted by molar-refractivity contribution is 6.20. The fraction of sp³-hybridized carbons (Fsp3) is 0.615. The van der Waals surface area contributed by atoms with Crippen LogP contribution in [0.5, 0.6) is 0 Å². The van der Waals surface area contributed by atoms with E-state index in [1.807, 2.05) is 21.8 Å². The zero-order chi connectivity index (χ0) is 13.8. The van der Waals surface area contributed by atoms with Crippen LogP contribution < -0.4 is 0 Å². The number of halogens is 1. The first-order valence-corrected chi connectivity index (χ1v) is 7.07. The van der Waals surface area contributed by atoms with Crippen molar-refractivity contribution in [3.8, 4) is 0 Å². The molecule has 0 aromatic carbocycles. The van der Waals surface area contributed by atoms with Crippen LogP contribution in [0.2, 0.25) is 0 Å². The molecular formula is C13H20ClN5. The molecule has 0 saturated carbocycles. The van der Waals surface area contributed by atoms with Gasteiger partial charge in [-0.05, 0) is 12.3 Å². The van der Waals surface area contributed by atoms with Gasteiger partial charge in [0.05, 0.1) is 11.6 Å². The quantitative estimate of drug-likeness (QED) is 0.765. The highest BCUT2D eigenvalue weighted by atomic mass is 35.5. The number of alkyl halides is 1. The first-order chi connectivity index (χ1) is 9.10. The van der Waals surface area contributed by atoms with Gasteiger partial charge in [0.25, 0.3) is 0 Å². The molecule has 0 amide bonds. The molecule has 0 fully saturated rings.